The number of nitro groups is 1. The van der Waals surface area contributed by atoms with Crippen LogP contribution in [0.5, 0.6) is 0 Å². The number of carbonyl (C=O) groups excluding carboxylic acids is 2. The summed E-state index contributed by atoms with van der Waals surface area (Å²) in [6, 6.07) is 19.4. The molecule has 1 saturated heterocycles. The van der Waals surface area contributed by atoms with Crippen molar-refractivity contribution in [1.29, 1.82) is 0 Å². The average molecular weight is 453 g/mol. The molecule has 0 unspecified atom stereocenters. The van der Waals surface area contributed by atoms with Crippen LogP contribution in [0.4, 0.5) is 17.1 Å². The number of nitro benzene ring substituents is 1. The Morgan fingerprint density at radius 1 is 0.824 bits per heavy atom. The third-order valence-corrected chi connectivity index (χ3v) is 6.51. The number of anilines is 2. The largest absolute Gasteiger partial charge is 0.378 e. The fourth-order valence-corrected chi connectivity index (χ4v) is 5.02. The maximum absolute atomic E-state index is 13.8. The van der Waals surface area contributed by atoms with E-state index in [2.05, 4.69) is 0 Å². The smallest absolute Gasteiger partial charge is 0.293 e. The van der Waals surface area contributed by atoms with Gasteiger partial charge in [-0.15, -0.1) is 0 Å². The van der Waals surface area contributed by atoms with Gasteiger partial charge < -0.3 is 9.64 Å². The molecular formula is C26H19N3O5. The number of nitrogens with zero attached hydrogens (tertiary/aromatic N) is 3. The lowest BCUT2D eigenvalue weighted by atomic mass is 9.91. The number of fused-ring (bicyclic) bond motifs is 1. The molecule has 1 fully saturated rings. The van der Waals surface area contributed by atoms with E-state index in [9.17, 15) is 19.7 Å². The number of hydrogen-bond donors (Lipinski definition) is 0. The summed E-state index contributed by atoms with van der Waals surface area (Å²) < 4.78 is 5.42. The molecule has 2 aliphatic heterocycles. The second-order valence-electron chi connectivity index (χ2n) is 8.32. The zero-order valence-electron chi connectivity index (χ0n) is 18.1. The molecule has 0 bridgehead atoms. The number of rotatable bonds is 3. The monoisotopic (exact) mass is 453 g/mol. The predicted molar refractivity (Wildman–Crippen MR) is 129 cm³/mol. The zero-order chi connectivity index (χ0) is 23.4. The zero-order valence-corrected chi connectivity index (χ0v) is 18.1. The van der Waals surface area contributed by atoms with E-state index in [1.165, 1.54) is 6.07 Å². The van der Waals surface area contributed by atoms with Gasteiger partial charge in [0.15, 0.2) is 0 Å². The summed E-state index contributed by atoms with van der Waals surface area (Å²) >= 11 is 0. The molecular weight excluding hydrogens is 434 g/mol. The standard InChI is InChI=1S/C26H19N3O5/c30-25-19-9-4-8-18-23(19)20(15-22(29(32)33)24(18)27-11-13-34-14-12-27)26(31)28(25)21-10-3-6-16-5-1-2-7-17(16)21/h1-10,15H,11-14H2. The van der Waals surface area contributed by atoms with Crippen LogP contribution in [0.15, 0.2) is 66.7 Å². The number of hydrogen-bond acceptors (Lipinski definition) is 6. The lowest BCUT2D eigenvalue weighted by molar-refractivity contribution is -0.384. The third kappa shape index (κ3) is 2.89. The van der Waals surface area contributed by atoms with Crippen molar-refractivity contribution in [3.8, 4) is 0 Å². The minimum atomic E-state index is -0.568. The van der Waals surface area contributed by atoms with Crippen LogP contribution < -0.4 is 9.80 Å². The second kappa shape index (κ2) is 7.64. The summed E-state index contributed by atoms with van der Waals surface area (Å²) in [6.07, 6.45) is 0. The Labute approximate surface area is 194 Å². The molecule has 0 radical (unpaired) electrons. The highest BCUT2D eigenvalue weighted by molar-refractivity contribution is 6.38. The van der Waals surface area contributed by atoms with Gasteiger partial charge in [0, 0.05) is 40.9 Å². The lowest BCUT2D eigenvalue weighted by Gasteiger charge is -2.32. The molecule has 0 spiro atoms. The van der Waals surface area contributed by atoms with Crippen LogP contribution in [0.3, 0.4) is 0 Å². The minimum Gasteiger partial charge on any atom is -0.378 e. The molecule has 0 aromatic heterocycles. The molecule has 0 saturated carbocycles. The van der Waals surface area contributed by atoms with E-state index >= 15 is 0 Å². The predicted octanol–water partition coefficient (Wildman–Crippen LogP) is 4.54. The van der Waals surface area contributed by atoms with Crippen LogP contribution in [0.1, 0.15) is 20.7 Å². The van der Waals surface area contributed by atoms with Gasteiger partial charge in [-0.1, -0.05) is 48.5 Å². The number of amides is 2. The van der Waals surface area contributed by atoms with Crippen molar-refractivity contribution >= 4 is 50.4 Å². The van der Waals surface area contributed by atoms with Gasteiger partial charge in [0.05, 0.1) is 29.4 Å². The van der Waals surface area contributed by atoms with E-state index in [-0.39, 0.29) is 11.3 Å². The fraction of sp³-hybridized carbons (Fsp3) is 0.154. The Morgan fingerprint density at radius 3 is 2.29 bits per heavy atom. The number of ether oxygens (including phenoxy) is 1. The molecule has 168 valence electrons. The van der Waals surface area contributed by atoms with Crippen LogP contribution >= 0.6 is 0 Å². The van der Waals surface area contributed by atoms with E-state index < -0.39 is 16.7 Å². The first-order valence-electron chi connectivity index (χ1n) is 11.0. The SMILES string of the molecule is O=C1c2cccc3c(N4CCOCC4)c([N+](=O)[O-])cc(c23)C(=O)N1c1cccc2ccccc12. The molecule has 8 nitrogen and oxygen atoms in total. The summed E-state index contributed by atoms with van der Waals surface area (Å²) in [6.45, 7) is 1.88. The first kappa shape index (κ1) is 20.3. The van der Waals surface area contributed by atoms with E-state index in [0.29, 0.717) is 54.0 Å². The highest BCUT2D eigenvalue weighted by Gasteiger charge is 2.38. The Kier molecular flexibility index (Phi) is 4.56. The van der Waals surface area contributed by atoms with E-state index in [1.807, 2.05) is 35.2 Å². The quantitative estimate of drug-likeness (QED) is 0.257. The molecule has 0 aliphatic carbocycles. The van der Waals surface area contributed by atoms with Crippen LogP contribution in [0, 0.1) is 10.1 Å². The topological polar surface area (TPSA) is 93.0 Å². The summed E-state index contributed by atoms with van der Waals surface area (Å²) in [5.41, 5.74) is 1.23. The molecule has 4 aromatic rings. The van der Waals surface area contributed by atoms with Crippen LogP contribution in [0.25, 0.3) is 21.5 Å². The van der Waals surface area contributed by atoms with Crippen molar-refractivity contribution in [2.45, 2.75) is 0 Å². The number of carbonyl (C=O) groups is 2. The van der Waals surface area contributed by atoms with E-state index in [1.54, 1.807) is 30.3 Å². The van der Waals surface area contributed by atoms with Gasteiger partial charge in [-0.3, -0.25) is 19.7 Å². The second-order valence-corrected chi connectivity index (χ2v) is 8.32. The van der Waals surface area contributed by atoms with Crippen LogP contribution in [0.2, 0.25) is 0 Å². The van der Waals surface area contributed by atoms with Gasteiger partial charge >= 0.3 is 0 Å². The van der Waals surface area contributed by atoms with Crippen molar-refractivity contribution in [3.05, 3.63) is 88.0 Å². The molecule has 4 aromatic carbocycles. The maximum Gasteiger partial charge on any atom is 0.293 e. The molecule has 6 rings (SSSR count). The first-order valence-corrected chi connectivity index (χ1v) is 11.0. The Morgan fingerprint density at radius 2 is 1.50 bits per heavy atom. The van der Waals surface area contributed by atoms with Gasteiger partial charge in [-0.05, 0) is 17.5 Å². The van der Waals surface area contributed by atoms with Gasteiger partial charge in [-0.2, -0.15) is 0 Å². The van der Waals surface area contributed by atoms with E-state index in [0.717, 1.165) is 15.7 Å². The van der Waals surface area contributed by atoms with Crippen LogP contribution in [-0.2, 0) is 4.74 Å². The number of morpholine rings is 1. The van der Waals surface area contributed by atoms with Crippen molar-refractivity contribution in [2.75, 3.05) is 36.1 Å². The maximum atomic E-state index is 13.8. The normalized spacial score (nSPS) is 15.9. The molecule has 0 N–H and O–H groups in total. The van der Waals surface area contributed by atoms with Crippen LogP contribution in [-0.4, -0.2) is 43.0 Å². The van der Waals surface area contributed by atoms with Gasteiger partial charge in [0.25, 0.3) is 17.5 Å². The van der Waals surface area contributed by atoms with Gasteiger partial charge in [0.2, 0.25) is 0 Å². The highest BCUT2D eigenvalue weighted by Crippen LogP contribution is 2.43. The van der Waals surface area contributed by atoms with Crippen molar-refractivity contribution in [1.82, 2.24) is 0 Å². The first-order chi connectivity index (χ1) is 16.6. The summed E-state index contributed by atoms with van der Waals surface area (Å²) in [4.78, 5) is 42.2. The fourth-order valence-electron chi connectivity index (χ4n) is 5.02. The molecule has 8 heteroatoms. The van der Waals surface area contributed by atoms with E-state index in [4.69, 9.17) is 4.74 Å². The Balaban J connectivity index is 1.62. The number of benzene rings is 4. The van der Waals surface area contributed by atoms with Gasteiger partial charge in [0.1, 0.15) is 5.69 Å². The molecule has 2 aliphatic rings. The number of imide groups is 1. The Bertz CT molecular complexity index is 1520. The summed E-state index contributed by atoms with van der Waals surface area (Å²) in [5.74, 6) is -1.01. The lowest BCUT2D eigenvalue weighted by Crippen LogP contribution is -2.41. The van der Waals surface area contributed by atoms with Crippen molar-refractivity contribution < 1.29 is 19.2 Å². The average Bonchev–Trinajstić information content (AvgIpc) is 2.87. The summed E-state index contributed by atoms with van der Waals surface area (Å²) in [5, 5.41) is 14.8. The van der Waals surface area contributed by atoms with Crippen molar-refractivity contribution in [3.63, 3.8) is 0 Å². The van der Waals surface area contributed by atoms with Gasteiger partial charge in [-0.25, -0.2) is 4.90 Å². The minimum absolute atomic E-state index is 0.151. The molecule has 34 heavy (non-hydrogen) atoms. The Hall–Kier alpha value is -4.30. The molecule has 0 atom stereocenters. The highest BCUT2D eigenvalue weighted by atomic mass is 16.6. The summed E-state index contributed by atoms with van der Waals surface area (Å²) in [7, 11) is 0. The molecule has 2 heterocycles. The third-order valence-electron chi connectivity index (χ3n) is 6.51. The van der Waals surface area contributed by atoms with Crippen molar-refractivity contribution in [2.24, 2.45) is 0 Å². The molecule has 2 amide bonds.